The lowest BCUT2D eigenvalue weighted by molar-refractivity contribution is -0.386. The number of aryl methyl sites for hydroxylation is 1. The average molecular weight is 265 g/mol. The zero-order valence-corrected chi connectivity index (χ0v) is 10.8. The van der Waals surface area contributed by atoms with Gasteiger partial charge < -0.3 is 9.47 Å². The van der Waals surface area contributed by atoms with E-state index in [1.165, 1.54) is 6.07 Å². The molecule has 1 aromatic rings. The molecule has 0 N–H and O–H groups in total. The van der Waals surface area contributed by atoms with Crippen molar-refractivity contribution in [2.45, 2.75) is 32.5 Å². The number of hydrogen-bond donors (Lipinski definition) is 0. The van der Waals surface area contributed by atoms with Crippen LogP contribution in [0.4, 0.5) is 5.69 Å². The number of ketones is 1. The number of nitro groups is 1. The second-order valence-electron chi connectivity index (χ2n) is 4.43. The molecule has 2 atom stereocenters. The standard InChI is InChI=1S/C13H15NO5/c1-3-18-13-10(15)7-12(13)19-11-5-4-8(2)6-9(11)14(16)17/h4-6,12-13H,3,7H2,1-2H3. The predicted molar refractivity (Wildman–Crippen MR) is 67.3 cm³/mol. The number of carbonyl (C=O) groups is 1. The first-order valence-electron chi connectivity index (χ1n) is 6.09. The largest absolute Gasteiger partial charge is 0.480 e. The van der Waals surface area contributed by atoms with E-state index in [1.807, 2.05) is 0 Å². The fourth-order valence-corrected chi connectivity index (χ4v) is 1.98. The third-order valence-electron chi connectivity index (χ3n) is 2.99. The first kappa shape index (κ1) is 13.5. The first-order chi connectivity index (χ1) is 9.02. The van der Waals surface area contributed by atoms with E-state index in [4.69, 9.17) is 9.47 Å². The van der Waals surface area contributed by atoms with E-state index in [9.17, 15) is 14.9 Å². The van der Waals surface area contributed by atoms with Crippen molar-refractivity contribution in [2.75, 3.05) is 6.61 Å². The molecule has 1 aliphatic rings. The van der Waals surface area contributed by atoms with Gasteiger partial charge in [-0.1, -0.05) is 6.07 Å². The Balaban J connectivity index is 2.15. The number of benzene rings is 1. The maximum Gasteiger partial charge on any atom is 0.311 e. The van der Waals surface area contributed by atoms with Gasteiger partial charge in [0.1, 0.15) is 6.10 Å². The van der Waals surface area contributed by atoms with Gasteiger partial charge >= 0.3 is 5.69 Å². The Morgan fingerprint density at radius 2 is 2.21 bits per heavy atom. The van der Waals surface area contributed by atoms with Crippen LogP contribution < -0.4 is 4.74 Å². The van der Waals surface area contributed by atoms with E-state index in [1.54, 1.807) is 26.0 Å². The van der Waals surface area contributed by atoms with Crippen LogP contribution in [-0.4, -0.2) is 29.5 Å². The Morgan fingerprint density at radius 3 is 2.79 bits per heavy atom. The molecular formula is C13H15NO5. The van der Waals surface area contributed by atoms with Gasteiger partial charge in [0, 0.05) is 19.1 Å². The summed E-state index contributed by atoms with van der Waals surface area (Å²) in [6, 6.07) is 4.74. The summed E-state index contributed by atoms with van der Waals surface area (Å²) in [5, 5.41) is 11.0. The van der Waals surface area contributed by atoms with Gasteiger partial charge in [0.15, 0.2) is 17.6 Å². The van der Waals surface area contributed by atoms with Gasteiger partial charge in [-0.3, -0.25) is 14.9 Å². The maximum absolute atomic E-state index is 11.4. The minimum atomic E-state index is -0.606. The van der Waals surface area contributed by atoms with Crippen LogP contribution in [-0.2, 0) is 9.53 Å². The van der Waals surface area contributed by atoms with Gasteiger partial charge in [-0.05, 0) is 25.5 Å². The summed E-state index contributed by atoms with van der Waals surface area (Å²) < 4.78 is 10.8. The molecule has 19 heavy (non-hydrogen) atoms. The van der Waals surface area contributed by atoms with Crippen molar-refractivity contribution in [3.63, 3.8) is 0 Å². The summed E-state index contributed by atoms with van der Waals surface area (Å²) in [5.41, 5.74) is 0.694. The Morgan fingerprint density at radius 1 is 1.47 bits per heavy atom. The highest BCUT2D eigenvalue weighted by Gasteiger charge is 2.43. The van der Waals surface area contributed by atoms with Crippen molar-refractivity contribution in [1.29, 1.82) is 0 Å². The predicted octanol–water partition coefficient (Wildman–Crippen LogP) is 2.03. The molecule has 0 bridgehead atoms. The van der Waals surface area contributed by atoms with Crippen molar-refractivity contribution in [2.24, 2.45) is 0 Å². The maximum atomic E-state index is 11.4. The van der Waals surface area contributed by atoms with E-state index in [-0.39, 0.29) is 23.6 Å². The van der Waals surface area contributed by atoms with Crippen molar-refractivity contribution in [3.8, 4) is 5.75 Å². The summed E-state index contributed by atoms with van der Waals surface area (Å²) in [7, 11) is 0. The molecule has 2 unspecified atom stereocenters. The quantitative estimate of drug-likeness (QED) is 0.601. The number of carbonyl (C=O) groups excluding carboxylic acids is 1. The highest BCUT2D eigenvalue weighted by Crippen LogP contribution is 2.32. The van der Waals surface area contributed by atoms with Crippen LogP contribution in [0.1, 0.15) is 18.9 Å². The molecule has 1 aromatic carbocycles. The number of rotatable bonds is 5. The zero-order chi connectivity index (χ0) is 14.0. The van der Waals surface area contributed by atoms with E-state index in [2.05, 4.69) is 0 Å². The van der Waals surface area contributed by atoms with Crippen LogP contribution in [0.5, 0.6) is 5.75 Å². The van der Waals surface area contributed by atoms with E-state index >= 15 is 0 Å². The molecule has 1 saturated carbocycles. The second-order valence-corrected chi connectivity index (χ2v) is 4.43. The van der Waals surface area contributed by atoms with E-state index in [0.717, 1.165) is 5.56 Å². The molecule has 6 heteroatoms. The lowest BCUT2D eigenvalue weighted by atomic mass is 9.90. The fourth-order valence-electron chi connectivity index (χ4n) is 1.98. The molecule has 0 saturated heterocycles. The van der Waals surface area contributed by atoms with Crippen LogP contribution in [0.25, 0.3) is 0 Å². The monoisotopic (exact) mass is 265 g/mol. The summed E-state index contributed by atoms with van der Waals surface area (Å²) in [5.74, 6) is 0.152. The minimum absolute atomic E-state index is 0.0263. The third kappa shape index (κ3) is 2.73. The van der Waals surface area contributed by atoms with Crippen LogP contribution in [0.3, 0.4) is 0 Å². The second kappa shape index (κ2) is 5.36. The van der Waals surface area contributed by atoms with Gasteiger partial charge in [0.2, 0.25) is 0 Å². The summed E-state index contributed by atoms with van der Waals surface area (Å²) >= 11 is 0. The lowest BCUT2D eigenvalue weighted by Crippen LogP contribution is -2.52. The molecule has 0 radical (unpaired) electrons. The Labute approximate surface area is 110 Å². The topological polar surface area (TPSA) is 78.7 Å². The van der Waals surface area contributed by atoms with Crippen LogP contribution in [0, 0.1) is 17.0 Å². The highest BCUT2D eigenvalue weighted by molar-refractivity contribution is 5.90. The molecule has 0 spiro atoms. The van der Waals surface area contributed by atoms with Crippen molar-refractivity contribution in [1.82, 2.24) is 0 Å². The van der Waals surface area contributed by atoms with Gasteiger partial charge in [0.05, 0.1) is 4.92 Å². The summed E-state index contributed by atoms with van der Waals surface area (Å²) in [6.45, 7) is 3.97. The third-order valence-corrected chi connectivity index (χ3v) is 2.99. The molecule has 1 aliphatic carbocycles. The molecule has 0 heterocycles. The van der Waals surface area contributed by atoms with Crippen molar-refractivity contribution in [3.05, 3.63) is 33.9 Å². The SMILES string of the molecule is CCOC1C(=O)CC1Oc1ccc(C)cc1[N+](=O)[O-]. The Bertz CT molecular complexity index is 514. The molecule has 0 aliphatic heterocycles. The highest BCUT2D eigenvalue weighted by atomic mass is 16.6. The van der Waals surface area contributed by atoms with Gasteiger partial charge in [0.25, 0.3) is 0 Å². The molecular weight excluding hydrogens is 250 g/mol. The number of hydrogen-bond acceptors (Lipinski definition) is 5. The summed E-state index contributed by atoms with van der Waals surface area (Å²) in [6.07, 6.45) is -0.810. The van der Waals surface area contributed by atoms with Crippen molar-refractivity contribution < 1.29 is 19.2 Å². The Hall–Kier alpha value is -1.95. The lowest BCUT2D eigenvalue weighted by Gasteiger charge is -2.34. The molecule has 0 aromatic heterocycles. The van der Waals surface area contributed by atoms with Crippen LogP contribution >= 0.6 is 0 Å². The molecule has 102 valence electrons. The minimum Gasteiger partial charge on any atom is -0.480 e. The zero-order valence-electron chi connectivity index (χ0n) is 10.8. The first-order valence-corrected chi connectivity index (χ1v) is 6.09. The fraction of sp³-hybridized carbons (Fsp3) is 0.462. The molecule has 2 rings (SSSR count). The van der Waals surface area contributed by atoms with Crippen LogP contribution in [0.2, 0.25) is 0 Å². The summed E-state index contributed by atoms with van der Waals surface area (Å²) in [4.78, 5) is 21.8. The molecule has 1 fully saturated rings. The Kier molecular flexibility index (Phi) is 3.80. The number of Topliss-reactive ketones (excluding diaryl/α,β-unsaturated/α-hetero) is 1. The molecule has 0 amide bonds. The number of nitrogens with zero attached hydrogens (tertiary/aromatic N) is 1. The number of nitro benzene ring substituents is 1. The number of ether oxygens (including phenoxy) is 2. The van der Waals surface area contributed by atoms with Gasteiger partial charge in [-0.25, -0.2) is 0 Å². The molecule has 6 nitrogen and oxygen atoms in total. The van der Waals surface area contributed by atoms with E-state index in [0.29, 0.717) is 6.61 Å². The normalized spacial score (nSPS) is 21.9. The van der Waals surface area contributed by atoms with Gasteiger partial charge in [-0.15, -0.1) is 0 Å². The smallest absolute Gasteiger partial charge is 0.311 e. The van der Waals surface area contributed by atoms with Crippen molar-refractivity contribution >= 4 is 11.5 Å². The van der Waals surface area contributed by atoms with E-state index < -0.39 is 17.1 Å². The average Bonchev–Trinajstić information content (AvgIpc) is 2.37. The van der Waals surface area contributed by atoms with Gasteiger partial charge in [-0.2, -0.15) is 0 Å². The van der Waals surface area contributed by atoms with Crippen LogP contribution in [0.15, 0.2) is 18.2 Å².